The molecule has 0 aromatic heterocycles. The summed E-state index contributed by atoms with van der Waals surface area (Å²) in [6, 6.07) is -4.97. The molecule has 3 atom stereocenters. The topological polar surface area (TPSA) is 299 Å². The van der Waals surface area contributed by atoms with Crippen LogP contribution in [0.2, 0.25) is 0 Å². The maximum Gasteiger partial charge on any atom is 0.328 e. The third kappa shape index (κ3) is 12.8. The zero-order chi connectivity index (χ0) is 27.0. The molecule has 0 spiro atoms. The van der Waals surface area contributed by atoms with Crippen molar-refractivity contribution in [2.75, 3.05) is 46.0 Å². The Morgan fingerprint density at radius 3 is 1.34 bits per heavy atom. The molecule has 6 amide bonds. The lowest BCUT2D eigenvalue weighted by Crippen LogP contribution is -2.58. The predicted molar refractivity (Wildman–Crippen MR) is 113 cm³/mol. The Morgan fingerprint density at radius 2 is 0.943 bits per heavy atom. The second kappa shape index (κ2) is 16.7. The van der Waals surface area contributed by atoms with Gasteiger partial charge in [0.2, 0.25) is 35.4 Å². The van der Waals surface area contributed by atoms with Crippen molar-refractivity contribution < 1.29 is 54.0 Å². The van der Waals surface area contributed by atoms with Crippen LogP contribution >= 0.6 is 0 Å². The van der Waals surface area contributed by atoms with Crippen molar-refractivity contribution in [2.24, 2.45) is 5.73 Å². The highest BCUT2D eigenvalue weighted by Crippen LogP contribution is 1.92. The SMILES string of the molecule is NCC(=O)NCC(=O)NCC(=O)NCC(=O)N[C@@H](CO)C(=O)N[C@@H](CO)C(=O)N[C@@H](CO)C(=O)O. The first-order valence-electron chi connectivity index (χ1n) is 9.94. The molecule has 0 aliphatic heterocycles. The van der Waals surface area contributed by atoms with Gasteiger partial charge in [0.05, 0.1) is 46.0 Å². The Hall–Kier alpha value is -3.87. The smallest absolute Gasteiger partial charge is 0.328 e. The van der Waals surface area contributed by atoms with Crippen LogP contribution in [-0.2, 0) is 33.6 Å². The largest absolute Gasteiger partial charge is 0.480 e. The molecule has 0 aliphatic rings. The van der Waals surface area contributed by atoms with Gasteiger partial charge in [-0.25, -0.2) is 4.79 Å². The molecule has 0 unspecified atom stereocenters. The number of aliphatic hydroxyl groups excluding tert-OH is 3. The van der Waals surface area contributed by atoms with E-state index in [4.69, 9.17) is 15.9 Å². The van der Waals surface area contributed by atoms with Gasteiger partial charge < -0.3 is 58.1 Å². The molecule has 0 saturated heterocycles. The first kappa shape index (κ1) is 31.1. The van der Waals surface area contributed by atoms with Crippen molar-refractivity contribution in [3.63, 3.8) is 0 Å². The molecule has 0 aromatic carbocycles. The number of carboxylic acid groups (broad SMARTS) is 1. The number of hydrogen-bond acceptors (Lipinski definition) is 11. The maximum atomic E-state index is 12.2. The number of carbonyl (C=O) groups is 7. The van der Waals surface area contributed by atoms with Gasteiger partial charge in [0, 0.05) is 0 Å². The van der Waals surface area contributed by atoms with Gasteiger partial charge in [-0.15, -0.1) is 0 Å². The van der Waals surface area contributed by atoms with E-state index in [9.17, 15) is 43.8 Å². The Kier molecular flexibility index (Phi) is 14.9. The first-order valence-corrected chi connectivity index (χ1v) is 9.94. The fraction of sp³-hybridized carbons (Fsp3) is 0.588. The fourth-order valence-corrected chi connectivity index (χ4v) is 2.10. The second-order valence-electron chi connectivity index (χ2n) is 6.66. The Labute approximate surface area is 198 Å². The molecule has 198 valence electrons. The van der Waals surface area contributed by atoms with Crippen LogP contribution in [0.15, 0.2) is 0 Å². The van der Waals surface area contributed by atoms with E-state index in [0.29, 0.717) is 0 Å². The van der Waals surface area contributed by atoms with Crippen molar-refractivity contribution >= 4 is 41.4 Å². The molecule has 0 fully saturated rings. The third-order valence-corrected chi connectivity index (χ3v) is 3.97. The lowest BCUT2D eigenvalue weighted by atomic mass is 10.2. The maximum absolute atomic E-state index is 12.2. The molecule has 0 bridgehead atoms. The average molecular weight is 507 g/mol. The van der Waals surface area contributed by atoms with Gasteiger partial charge in [0.25, 0.3) is 0 Å². The second-order valence-corrected chi connectivity index (χ2v) is 6.66. The van der Waals surface area contributed by atoms with Crippen molar-refractivity contribution in [3.05, 3.63) is 0 Å². The van der Waals surface area contributed by atoms with E-state index in [-0.39, 0.29) is 6.54 Å². The molecule has 18 heteroatoms. The quantitative estimate of drug-likeness (QED) is 0.0928. The zero-order valence-electron chi connectivity index (χ0n) is 18.4. The van der Waals surface area contributed by atoms with E-state index < -0.39 is 99.0 Å². The number of amides is 6. The van der Waals surface area contributed by atoms with Gasteiger partial charge in [-0.3, -0.25) is 28.8 Å². The zero-order valence-corrected chi connectivity index (χ0v) is 18.4. The van der Waals surface area contributed by atoms with Crippen LogP contribution in [0.25, 0.3) is 0 Å². The van der Waals surface area contributed by atoms with E-state index in [2.05, 4.69) is 21.3 Å². The summed E-state index contributed by atoms with van der Waals surface area (Å²) in [5, 5.41) is 48.7. The number of nitrogens with two attached hydrogens (primary N) is 1. The summed E-state index contributed by atoms with van der Waals surface area (Å²) in [6.07, 6.45) is 0. The minimum Gasteiger partial charge on any atom is -0.480 e. The van der Waals surface area contributed by atoms with E-state index in [1.165, 1.54) is 0 Å². The van der Waals surface area contributed by atoms with Gasteiger partial charge in [-0.1, -0.05) is 0 Å². The van der Waals surface area contributed by atoms with Gasteiger partial charge in [0.1, 0.15) is 18.1 Å². The molecule has 0 aromatic rings. The van der Waals surface area contributed by atoms with Crippen LogP contribution in [0.3, 0.4) is 0 Å². The van der Waals surface area contributed by atoms with Gasteiger partial charge in [0.15, 0.2) is 0 Å². The number of aliphatic carboxylic acids is 1. The summed E-state index contributed by atoms with van der Waals surface area (Å²) in [4.78, 5) is 81.0. The molecule has 35 heavy (non-hydrogen) atoms. The van der Waals surface area contributed by atoms with Crippen molar-refractivity contribution in [1.82, 2.24) is 31.9 Å². The third-order valence-electron chi connectivity index (χ3n) is 3.97. The fourth-order valence-electron chi connectivity index (χ4n) is 2.10. The van der Waals surface area contributed by atoms with Crippen LogP contribution in [-0.4, -0.2) is 126 Å². The minimum atomic E-state index is -1.69. The van der Waals surface area contributed by atoms with Crippen LogP contribution in [0.4, 0.5) is 0 Å². The van der Waals surface area contributed by atoms with Crippen molar-refractivity contribution in [3.8, 4) is 0 Å². The number of nitrogens with one attached hydrogen (secondary N) is 6. The van der Waals surface area contributed by atoms with Crippen molar-refractivity contribution in [1.29, 1.82) is 0 Å². The summed E-state index contributed by atoms with van der Waals surface area (Å²) < 4.78 is 0. The highest BCUT2D eigenvalue weighted by Gasteiger charge is 2.28. The number of carbonyl (C=O) groups excluding carboxylic acids is 6. The number of rotatable bonds is 16. The van der Waals surface area contributed by atoms with Crippen LogP contribution in [0.5, 0.6) is 0 Å². The molecule has 0 radical (unpaired) electrons. The van der Waals surface area contributed by atoms with E-state index >= 15 is 0 Å². The molecule has 0 rings (SSSR count). The Balaban J connectivity index is 4.59. The molecule has 0 heterocycles. The molecule has 12 N–H and O–H groups in total. The average Bonchev–Trinajstić information content (AvgIpc) is 2.84. The van der Waals surface area contributed by atoms with Gasteiger partial charge >= 0.3 is 5.97 Å². The summed E-state index contributed by atoms with van der Waals surface area (Å²) in [7, 11) is 0. The number of carboxylic acids is 1. The molecule has 0 saturated carbocycles. The minimum absolute atomic E-state index is 0.321. The normalized spacial score (nSPS) is 12.8. The Morgan fingerprint density at radius 1 is 0.571 bits per heavy atom. The monoisotopic (exact) mass is 507 g/mol. The molecular weight excluding hydrogens is 478 g/mol. The standard InChI is InChI=1S/C17H29N7O11/c18-1-11(28)19-2-12(29)20-3-13(30)21-4-14(31)22-8(5-25)15(32)23-9(6-26)16(33)24-10(7-27)17(34)35/h8-10,25-27H,1-7,18H2,(H,19,28)(H,20,29)(H,21,30)(H,22,31)(H,23,32)(H,24,33)(H,34,35)/t8-,9-,10-/m0/s1. The number of aliphatic hydroxyl groups is 3. The molecule has 18 nitrogen and oxygen atoms in total. The van der Waals surface area contributed by atoms with Crippen LogP contribution < -0.4 is 37.6 Å². The molecule has 0 aliphatic carbocycles. The number of hydrogen-bond donors (Lipinski definition) is 11. The van der Waals surface area contributed by atoms with Crippen LogP contribution in [0.1, 0.15) is 0 Å². The van der Waals surface area contributed by atoms with Crippen molar-refractivity contribution in [2.45, 2.75) is 18.1 Å². The lowest BCUT2D eigenvalue weighted by molar-refractivity contribution is -0.143. The van der Waals surface area contributed by atoms with Gasteiger partial charge in [-0.2, -0.15) is 0 Å². The highest BCUT2D eigenvalue weighted by molar-refractivity contribution is 5.94. The molecular formula is C17H29N7O11. The summed E-state index contributed by atoms with van der Waals surface area (Å²) in [6.45, 7) is -4.80. The van der Waals surface area contributed by atoms with E-state index in [1.807, 2.05) is 10.6 Å². The van der Waals surface area contributed by atoms with E-state index in [1.54, 1.807) is 0 Å². The van der Waals surface area contributed by atoms with E-state index in [0.717, 1.165) is 0 Å². The summed E-state index contributed by atoms with van der Waals surface area (Å²) >= 11 is 0. The van der Waals surface area contributed by atoms with Gasteiger partial charge in [-0.05, 0) is 0 Å². The van der Waals surface area contributed by atoms with Crippen LogP contribution in [0, 0.1) is 0 Å². The first-order chi connectivity index (χ1) is 16.5. The summed E-state index contributed by atoms with van der Waals surface area (Å²) in [5.41, 5.74) is 5.04. The predicted octanol–water partition coefficient (Wildman–Crippen LogP) is -8.19. The summed E-state index contributed by atoms with van der Waals surface area (Å²) in [5.74, 6) is -6.85. The lowest BCUT2D eigenvalue weighted by Gasteiger charge is -2.22. The Bertz CT molecular complexity index is 792. The highest BCUT2D eigenvalue weighted by atomic mass is 16.4.